The van der Waals surface area contributed by atoms with Crippen LogP contribution in [0.3, 0.4) is 0 Å². The maximum atomic E-state index is 9.45. The summed E-state index contributed by atoms with van der Waals surface area (Å²) in [5.41, 5.74) is 2.34. The molecular weight excluding hydrogens is 228 g/mol. The minimum Gasteiger partial charge on any atom is -0.504 e. The van der Waals surface area contributed by atoms with E-state index >= 15 is 0 Å². The fourth-order valence-electron chi connectivity index (χ4n) is 1.66. The van der Waals surface area contributed by atoms with Crippen LogP contribution in [0.5, 0.6) is 17.2 Å². The maximum Gasteiger partial charge on any atom is 0.200 e. The zero-order chi connectivity index (χ0) is 13.1. The molecule has 3 heteroatoms. The SMILES string of the molecule is CC#Cc1ccc(-c2cc(O)c(O)c(O)c2)cc1. The number of phenolic OH excluding ortho intramolecular Hbond substituents is 3. The molecule has 3 N–H and O–H groups in total. The van der Waals surface area contributed by atoms with Gasteiger partial charge in [0, 0.05) is 5.56 Å². The average molecular weight is 240 g/mol. The first kappa shape index (κ1) is 11.9. The molecule has 0 heterocycles. The average Bonchev–Trinajstić information content (AvgIpc) is 2.37. The summed E-state index contributed by atoms with van der Waals surface area (Å²) in [6, 6.07) is 10.2. The molecular formula is C15H12O3. The standard InChI is InChI=1S/C15H12O3/c1-2-3-10-4-6-11(7-5-10)12-8-13(16)15(18)14(17)9-12/h4-9,16-18H,1H3. The van der Waals surface area contributed by atoms with Gasteiger partial charge in [-0.15, -0.1) is 5.92 Å². The van der Waals surface area contributed by atoms with Crippen LogP contribution in [0.25, 0.3) is 11.1 Å². The second-order valence-corrected chi connectivity index (χ2v) is 3.82. The van der Waals surface area contributed by atoms with Crippen LogP contribution in [0.4, 0.5) is 0 Å². The highest BCUT2D eigenvalue weighted by Gasteiger charge is 2.09. The van der Waals surface area contributed by atoms with Gasteiger partial charge in [-0.3, -0.25) is 0 Å². The summed E-state index contributed by atoms with van der Waals surface area (Å²) in [5, 5.41) is 28.2. The van der Waals surface area contributed by atoms with Crippen molar-refractivity contribution < 1.29 is 15.3 Å². The molecule has 0 aromatic heterocycles. The van der Waals surface area contributed by atoms with E-state index < -0.39 is 5.75 Å². The van der Waals surface area contributed by atoms with Gasteiger partial charge < -0.3 is 15.3 Å². The summed E-state index contributed by atoms with van der Waals surface area (Å²) in [7, 11) is 0. The molecule has 0 bridgehead atoms. The summed E-state index contributed by atoms with van der Waals surface area (Å²) in [4.78, 5) is 0. The zero-order valence-electron chi connectivity index (χ0n) is 9.81. The number of phenols is 3. The zero-order valence-corrected chi connectivity index (χ0v) is 9.81. The van der Waals surface area contributed by atoms with E-state index in [4.69, 9.17) is 0 Å². The van der Waals surface area contributed by atoms with Crippen molar-refractivity contribution in [2.75, 3.05) is 0 Å². The molecule has 0 unspecified atom stereocenters. The van der Waals surface area contributed by atoms with Crippen LogP contribution in [-0.2, 0) is 0 Å². The predicted molar refractivity (Wildman–Crippen MR) is 69.4 cm³/mol. The fourth-order valence-corrected chi connectivity index (χ4v) is 1.66. The molecule has 0 spiro atoms. The number of hydrogen-bond acceptors (Lipinski definition) is 3. The van der Waals surface area contributed by atoms with Crippen molar-refractivity contribution in [1.82, 2.24) is 0 Å². The summed E-state index contributed by atoms with van der Waals surface area (Å²) in [5.74, 6) is 4.54. The minimum atomic E-state index is -0.507. The molecule has 18 heavy (non-hydrogen) atoms. The molecule has 90 valence electrons. The summed E-state index contributed by atoms with van der Waals surface area (Å²) < 4.78 is 0. The van der Waals surface area contributed by atoms with Crippen LogP contribution in [-0.4, -0.2) is 15.3 Å². The Morgan fingerprint density at radius 1 is 0.833 bits per heavy atom. The molecule has 0 amide bonds. The largest absolute Gasteiger partial charge is 0.504 e. The van der Waals surface area contributed by atoms with Gasteiger partial charge >= 0.3 is 0 Å². The highest BCUT2D eigenvalue weighted by atomic mass is 16.3. The summed E-state index contributed by atoms with van der Waals surface area (Å²) in [6.07, 6.45) is 0. The number of rotatable bonds is 1. The van der Waals surface area contributed by atoms with Crippen LogP contribution in [0, 0.1) is 11.8 Å². The third kappa shape index (κ3) is 2.23. The lowest BCUT2D eigenvalue weighted by Crippen LogP contribution is -1.80. The van der Waals surface area contributed by atoms with Gasteiger partial charge in [0.05, 0.1) is 0 Å². The molecule has 0 radical (unpaired) electrons. The van der Waals surface area contributed by atoms with Crippen LogP contribution < -0.4 is 0 Å². The Morgan fingerprint density at radius 2 is 1.39 bits per heavy atom. The van der Waals surface area contributed by atoms with Crippen molar-refractivity contribution in [3.8, 4) is 40.2 Å². The van der Waals surface area contributed by atoms with Gasteiger partial charge in [0.1, 0.15) is 0 Å². The first-order valence-corrected chi connectivity index (χ1v) is 5.40. The van der Waals surface area contributed by atoms with E-state index in [1.807, 2.05) is 24.3 Å². The summed E-state index contributed by atoms with van der Waals surface area (Å²) >= 11 is 0. The topological polar surface area (TPSA) is 60.7 Å². The second kappa shape index (κ2) is 4.72. The molecule has 0 aliphatic rings. The molecule has 2 rings (SSSR count). The molecule has 2 aromatic rings. The highest BCUT2D eigenvalue weighted by Crippen LogP contribution is 2.38. The quantitative estimate of drug-likeness (QED) is 0.530. The van der Waals surface area contributed by atoms with Crippen molar-refractivity contribution >= 4 is 0 Å². The Kier molecular flexibility index (Phi) is 3.11. The third-order valence-electron chi connectivity index (χ3n) is 2.56. The van der Waals surface area contributed by atoms with E-state index in [-0.39, 0.29) is 11.5 Å². The molecule has 0 saturated carbocycles. The Hall–Kier alpha value is -2.60. The lowest BCUT2D eigenvalue weighted by molar-refractivity contribution is 0.368. The van der Waals surface area contributed by atoms with Crippen LogP contribution in [0.1, 0.15) is 12.5 Å². The summed E-state index contributed by atoms with van der Waals surface area (Å²) in [6.45, 7) is 1.77. The Bertz CT molecular complexity index is 608. The van der Waals surface area contributed by atoms with Gasteiger partial charge in [-0.2, -0.15) is 0 Å². The van der Waals surface area contributed by atoms with Gasteiger partial charge in [0.25, 0.3) is 0 Å². The normalized spacial score (nSPS) is 9.61. The van der Waals surface area contributed by atoms with Gasteiger partial charge in [0.15, 0.2) is 17.2 Å². The Morgan fingerprint density at radius 3 is 1.89 bits per heavy atom. The first-order valence-electron chi connectivity index (χ1n) is 5.40. The van der Waals surface area contributed by atoms with Gasteiger partial charge in [-0.25, -0.2) is 0 Å². The number of benzene rings is 2. The lowest BCUT2D eigenvalue weighted by Gasteiger charge is -2.06. The highest BCUT2D eigenvalue weighted by molar-refractivity contribution is 5.70. The number of hydrogen-bond donors (Lipinski definition) is 3. The van der Waals surface area contributed by atoms with E-state index in [2.05, 4.69) is 11.8 Å². The molecule has 3 nitrogen and oxygen atoms in total. The maximum absolute atomic E-state index is 9.45. The van der Waals surface area contributed by atoms with E-state index in [1.165, 1.54) is 12.1 Å². The predicted octanol–water partition coefficient (Wildman–Crippen LogP) is 2.84. The first-order chi connectivity index (χ1) is 8.61. The second-order valence-electron chi connectivity index (χ2n) is 3.82. The van der Waals surface area contributed by atoms with Gasteiger partial charge in [-0.1, -0.05) is 18.1 Å². The number of aromatic hydroxyl groups is 3. The third-order valence-corrected chi connectivity index (χ3v) is 2.56. The van der Waals surface area contributed by atoms with Gasteiger partial charge in [0.2, 0.25) is 0 Å². The van der Waals surface area contributed by atoms with Crippen LogP contribution in [0.2, 0.25) is 0 Å². The van der Waals surface area contributed by atoms with E-state index in [1.54, 1.807) is 6.92 Å². The minimum absolute atomic E-state index is 0.345. The smallest absolute Gasteiger partial charge is 0.200 e. The van der Waals surface area contributed by atoms with Crippen molar-refractivity contribution in [3.63, 3.8) is 0 Å². The Balaban J connectivity index is 2.45. The van der Waals surface area contributed by atoms with Crippen LogP contribution >= 0.6 is 0 Å². The van der Waals surface area contributed by atoms with Crippen molar-refractivity contribution in [2.24, 2.45) is 0 Å². The molecule has 0 saturated heterocycles. The van der Waals surface area contributed by atoms with Crippen LogP contribution in [0.15, 0.2) is 36.4 Å². The monoisotopic (exact) mass is 240 g/mol. The van der Waals surface area contributed by atoms with Crippen molar-refractivity contribution in [3.05, 3.63) is 42.0 Å². The van der Waals surface area contributed by atoms with E-state index in [0.717, 1.165) is 11.1 Å². The van der Waals surface area contributed by atoms with Gasteiger partial charge in [-0.05, 0) is 42.3 Å². The molecule has 0 fully saturated rings. The molecule has 0 aliphatic carbocycles. The lowest BCUT2D eigenvalue weighted by atomic mass is 10.0. The van der Waals surface area contributed by atoms with E-state index in [9.17, 15) is 15.3 Å². The molecule has 2 aromatic carbocycles. The van der Waals surface area contributed by atoms with Crippen molar-refractivity contribution in [1.29, 1.82) is 0 Å². The molecule has 0 aliphatic heterocycles. The fraction of sp³-hybridized carbons (Fsp3) is 0.0667. The Labute approximate surface area is 105 Å². The molecule has 0 atom stereocenters. The van der Waals surface area contributed by atoms with Crippen molar-refractivity contribution in [2.45, 2.75) is 6.92 Å². The van der Waals surface area contributed by atoms with E-state index in [0.29, 0.717) is 5.56 Å².